The second-order valence-corrected chi connectivity index (χ2v) is 4.86. The molecule has 0 spiro atoms. The number of aryl methyl sites for hydroxylation is 3. The summed E-state index contributed by atoms with van der Waals surface area (Å²) < 4.78 is 6.88. The lowest BCUT2D eigenvalue weighted by Gasteiger charge is -2.14. The molecule has 0 aliphatic heterocycles. The number of rotatable bonds is 4. The van der Waals surface area contributed by atoms with Crippen LogP contribution in [0.25, 0.3) is 0 Å². The zero-order valence-electron chi connectivity index (χ0n) is 11.8. The van der Waals surface area contributed by atoms with Crippen molar-refractivity contribution >= 4 is 0 Å². The normalized spacial score (nSPS) is 12.5. The lowest BCUT2D eigenvalue weighted by atomic mass is 10.0. The maximum Gasteiger partial charge on any atom is 0.162 e. The van der Waals surface area contributed by atoms with Gasteiger partial charge in [-0.3, -0.25) is 4.68 Å². The van der Waals surface area contributed by atoms with Crippen molar-refractivity contribution in [2.45, 2.75) is 26.4 Å². The second kappa shape index (κ2) is 5.45. The Labute approximate surface area is 113 Å². The number of aliphatic hydroxyl groups excluding tert-OH is 1. The van der Waals surface area contributed by atoms with Crippen molar-refractivity contribution in [3.8, 4) is 5.75 Å². The van der Waals surface area contributed by atoms with Gasteiger partial charge in [0, 0.05) is 13.5 Å². The molecule has 1 atom stereocenters. The van der Waals surface area contributed by atoms with E-state index >= 15 is 0 Å². The molecule has 1 heterocycles. The van der Waals surface area contributed by atoms with Crippen LogP contribution in [0.3, 0.4) is 0 Å². The lowest BCUT2D eigenvalue weighted by molar-refractivity contribution is 0.164. The average Bonchev–Trinajstić information content (AvgIpc) is 2.75. The molecule has 0 radical (unpaired) electrons. The largest absolute Gasteiger partial charge is 0.493 e. The SMILES string of the molecule is COc1cnn(C)c1C(O)Cc1ccc(C)c(C)c1. The van der Waals surface area contributed by atoms with Gasteiger partial charge in [-0.15, -0.1) is 0 Å². The van der Waals surface area contributed by atoms with Gasteiger partial charge >= 0.3 is 0 Å². The molecule has 0 fully saturated rings. The molecule has 2 rings (SSSR count). The molecule has 0 bridgehead atoms. The Kier molecular flexibility index (Phi) is 3.90. The van der Waals surface area contributed by atoms with Gasteiger partial charge in [-0.05, 0) is 30.5 Å². The smallest absolute Gasteiger partial charge is 0.162 e. The van der Waals surface area contributed by atoms with E-state index in [0.717, 1.165) is 5.56 Å². The molecule has 19 heavy (non-hydrogen) atoms. The van der Waals surface area contributed by atoms with Crippen molar-refractivity contribution in [3.05, 3.63) is 46.8 Å². The highest BCUT2D eigenvalue weighted by molar-refractivity contribution is 5.32. The number of methoxy groups -OCH3 is 1. The van der Waals surface area contributed by atoms with Gasteiger partial charge < -0.3 is 9.84 Å². The summed E-state index contributed by atoms with van der Waals surface area (Å²) in [5, 5.41) is 14.5. The molecule has 4 heteroatoms. The van der Waals surface area contributed by atoms with Crippen molar-refractivity contribution in [1.82, 2.24) is 9.78 Å². The minimum atomic E-state index is -0.621. The molecule has 4 nitrogen and oxygen atoms in total. The Morgan fingerprint density at radius 3 is 2.68 bits per heavy atom. The molecular weight excluding hydrogens is 240 g/mol. The van der Waals surface area contributed by atoms with Crippen LogP contribution in [0.1, 0.15) is 28.5 Å². The fourth-order valence-electron chi connectivity index (χ4n) is 2.21. The molecule has 2 aromatic rings. The number of benzene rings is 1. The van der Waals surface area contributed by atoms with Gasteiger partial charge in [0.05, 0.1) is 13.3 Å². The monoisotopic (exact) mass is 260 g/mol. The predicted octanol–water partition coefficient (Wildman–Crippen LogP) is 2.32. The maximum atomic E-state index is 10.4. The number of nitrogens with zero attached hydrogens (tertiary/aromatic N) is 2. The Bertz CT molecular complexity index is 576. The summed E-state index contributed by atoms with van der Waals surface area (Å²) in [6.45, 7) is 4.16. The molecule has 0 aliphatic carbocycles. The summed E-state index contributed by atoms with van der Waals surface area (Å²) in [7, 11) is 3.39. The molecule has 0 saturated heterocycles. The van der Waals surface area contributed by atoms with Crippen LogP contribution in [-0.2, 0) is 13.5 Å². The topological polar surface area (TPSA) is 47.3 Å². The van der Waals surface area contributed by atoms with E-state index in [1.54, 1.807) is 18.0 Å². The first-order valence-corrected chi connectivity index (χ1v) is 6.33. The third-order valence-electron chi connectivity index (χ3n) is 3.49. The number of ether oxygens (including phenoxy) is 1. The predicted molar refractivity (Wildman–Crippen MR) is 74.3 cm³/mol. The average molecular weight is 260 g/mol. The van der Waals surface area contributed by atoms with Gasteiger partial charge in [-0.2, -0.15) is 5.10 Å². The number of aromatic nitrogens is 2. The number of hydrogen-bond donors (Lipinski definition) is 1. The van der Waals surface area contributed by atoms with E-state index in [4.69, 9.17) is 4.74 Å². The van der Waals surface area contributed by atoms with Crippen LogP contribution in [0.2, 0.25) is 0 Å². The molecule has 1 aromatic carbocycles. The first-order valence-electron chi connectivity index (χ1n) is 6.33. The van der Waals surface area contributed by atoms with Crippen LogP contribution >= 0.6 is 0 Å². The Balaban J connectivity index is 2.22. The van der Waals surface area contributed by atoms with Crippen LogP contribution in [0.4, 0.5) is 0 Å². The van der Waals surface area contributed by atoms with Crippen molar-refractivity contribution in [1.29, 1.82) is 0 Å². The molecule has 1 aromatic heterocycles. The zero-order valence-corrected chi connectivity index (χ0v) is 11.8. The van der Waals surface area contributed by atoms with E-state index in [0.29, 0.717) is 17.9 Å². The van der Waals surface area contributed by atoms with Gasteiger partial charge in [0.25, 0.3) is 0 Å². The van der Waals surface area contributed by atoms with Gasteiger partial charge in [-0.1, -0.05) is 18.2 Å². The fraction of sp³-hybridized carbons (Fsp3) is 0.400. The van der Waals surface area contributed by atoms with Crippen molar-refractivity contribution in [2.75, 3.05) is 7.11 Å². The van der Waals surface area contributed by atoms with Gasteiger partial charge in [0.15, 0.2) is 5.75 Å². The second-order valence-electron chi connectivity index (χ2n) is 4.86. The molecular formula is C15H20N2O2. The number of hydrogen-bond acceptors (Lipinski definition) is 3. The molecule has 0 amide bonds. The van der Waals surface area contributed by atoms with Crippen molar-refractivity contribution < 1.29 is 9.84 Å². The minimum Gasteiger partial charge on any atom is -0.493 e. The highest BCUT2D eigenvalue weighted by Crippen LogP contribution is 2.27. The zero-order chi connectivity index (χ0) is 14.0. The summed E-state index contributed by atoms with van der Waals surface area (Å²) >= 11 is 0. The van der Waals surface area contributed by atoms with E-state index in [-0.39, 0.29) is 0 Å². The lowest BCUT2D eigenvalue weighted by Crippen LogP contribution is -2.09. The van der Waals surface area contributed by atoms with Gasteiger partial charge in [-0.25, -0.2) is 0 Å². The molecule has 0 saturated carbocycles. The third-order valence-corrected chi connectivity index (χ3v) is 3.49. The Morgan fingerprint density at radius 1 is 1.32 bits per heavy atom. The van der Waals surface area contributed by atoms with Crippen LogP contribution in [0, 0.1) is 13.8 Å². The maximum absolute atomic E-state index is 10.4. The van der Waals surface area contributed by atoms with E-state index in [2.05, 4.69) is 31.1 Å². The Hall–Kier alpha value is -1.81. The van der Waals surface area contributed by atoms with E-state index in [1.807, 2.05) is 13.1 Å². The summed E-state index contributed by atoms with van der Waals surface area (Å²) in [6.07, 6.45) is 1.56. The summed E-state index contributed by atoms with van der Waals surface area (Å²) in [6, 6.07) is 6.24. The molecule has 102 valence electrons. The van der Waals surface area contributed by atoms with Crippen LogP contribution in [0.5, 0.6) is 5.75 Å². The highest BCUT2D eigenvalue weighted by Gasteiger charge is 2.18. The highest BCUT2D eigenvalue weighted by atomic mass is 16.5. The van der Waals surface area contributed by atoms with Crippen molar-refractivity contribution in [3.63, 3.8) is 0 Å². The Morgan fingerprint density at radius 2 is 2.05 bits per heavy atom. The molecule has 1 N–H and O–H groups in total. The third kappa shape index (κ3) is 2.79. The first-order chi connectivity index (χ1) is 9.02. The van der Waals surface area contributed by atoms with Crippen LogP contribution in [0.15, 0.2) is 24.4 Å². The standard InChI is InChI=1S/C15H20N2O2/c1-10-5-6-12(7-11(10)2)8-13(18)15-14(19-4)9-16-17(15)3/h5-7,9,13,18H,8H2,1-4H3. The fourth-order valence-corrected chi connectivity index (χ4v) is 2.21. The van der Waals surface area contributed by atoms with Gasteiger partial charge in [0.1, 0.15) is 11.8 Å². The summed E-state index contributed by atoms with van der Waals surface area (Å²) in [5.74, 6) is 0.624. The van der Waals surface area contributed by atoms with E-state index in [9.17, 15) is 5.11 Å². The first kappa shape index (κ1) is 13.6. The van der Waals surface area contributed by atoms with E-state index < -0.39 is 6.10 Å². The minimum absolute atomic E-state index is 0.553. The quantitative estimate of drug-likeness (QED) is 0.917. The molecule has 0 aliphatic rings. The summed E-state index contributed by atoms with van der Waals surface area (Å²) in [4.78, 5) is 0. The van der Waals surface area contributed by atoms with E-state index in [1.165, 1.54) is 11.1 Å². The van der Waals surface area contributed by atoms with Crippen molar-refractivity contribution in [2.24, 2.45) is 7.05 Å². The van der Waals surface area contributed by atoms with Gasteiger partial charge in [0.2, 0.25) is 0 Å². The molecule has 1 unspecified atom stereocenters. The number of aliphatic hydroxyl groups is 1. The van der Waals surface area contributed by atoms with Crippen LogP contribution in [-0.4, -0.2) is 22.0 Å². The summed E-state index contributed by atoms with van der Waals surface area (Å²) in [5.41, 5.74) is 4.32. The van der Waals surface area contributed by atoms with Crippen LogP contribution < -0.4 is 4.74 Å².